The van der Waals surface area contributed by atoms with Crippen molar-refractivity contribution in [2.24, 2.45) is 0 Å². The maximum Gasteiger partial charge on any atom is 0.118 e. The van der Waals surface area contributed by atoms with Crippen LogP contribution in [0.5, 0.6) is 5.75 Å². The summed E-state index contributed by atoms with van der Waals surface area (Å²) in [5.74, 6) is 0.901. The highest BCUT2D eigenvalue weighted by atomic mass is 16.5. The summed E-state index contributed by atoms with van der Waals surface area (Å²) in [6.07, 6.45) is 0. The standard InChI is InChI=1S/C15H24N2O/c1-5-16-10-13(2)11-17(3)12-14-6-8-15(18-4)9-7-14/h6-9,16H,2,5,10-12H2,1,3-4H3. The van der Waals surface area contributed by atoms with Gasteiger partial charge in [-0.15, -0.1) is 0 Å². The molecule has 0 bridgehead atoms. The van der Waals surface area contributed by atoms with Crippen molar-refractivity contribution in [3.63, 3.8) is 0 Å². The van der Waals surface area contributed by atoms with Gasteiger partial charge in [-0.25, -0.2) is 0 Å². The van der Waals surface area contributed by atoms with Crippen molar-refractivity contribution in [1.82, 2.24) is 10.2 Å². The van der Waals surface area contributed by atoms with Gasteiger partial charge in [0.15, 0.2) is 0 Å². The molecule has 0 saturated carbocycles. The number of nitrogens with one attached hydrogen (secondary N) is 1. The van der Waals surface area contributed by atoms with Gasteiger partial charge in [-0.2, -0.15) is 0 Å². The molecular formula is C15H24N2O. The Kier molecular flexibility index (Phi) is 6.47. The Labute approximate surface area is 110 Å². The average Bonchev–Trinajstić information content (AvgIpc) is 2.37. The zero-order chi connectivity index (χ0) is 13.4. The second-order valence-electron chi connectivity index (χ2n) is 4.55. The number of benzene rings is 1. The van der Waals surface area contributed by atoms with Crippen LogP contribution in [0.3, 0.4) is 0 Å². The van der Waals surface area contributed by atoms with E-state index in [1.807, 2.05) is 12.1 Å². The minimum Gasteiger partial charge on any atom is -0.497 e. The van der Waals surface area contributed by atoms with Gasteiger partial charge in [0, 0.05) is 19.6 Å². The van der Waals surface area contributed by atoms with Crippen molar-refractivity contribution in [3.05, 3.63) is 42.0 Å². The van der Waals surface area contributed by atoms with E-state index in [9.17, 15) is 0 Å². The molecule has 0 aliphatic heterocycles. The average molecular weight is 248 g/mol. The fraction of sp³-hybridized carbons (Fsp3) is 0.467. The summed E-state index contributed by atoms with van der Waals surface area (Å²) < 4.78 is 5.15. The van der Waals surface area contributed by atoms with E-state index in [2.05, 4.69) is 42.9 Å². The molecule has 0 atom stereocenters. The first-order chi connectivity index (χ1) is 8.65. The van der Waals surface area contributed by atoms with Crippen LogP contribution in [0.15, 0.2) is 36.4 Å². The summed E-state index contributed by atoms with van der Waals surface area (Å²) in [6, 6.07) is 8.19. The minimum atomic E-state index is 0.892. The van der Waals surface area contributed by atoms with Crippen molar-refractivity contribution in [2.75, 3.05) is 33.8 Å². The summed E-state index contributed by atoms with van der Waals surface area (Å²) in [4.78, 5) is 2.27. The first kappa shape index (κ1) is 14.7. The van der Waals surface area contributed by atoms with E-state index in [1.165, 1.54) is 11.1 Å². The monoisotopic (exact) mass is 248 g/mol. The Bertz CT molecular complexity index is 359. The molecule has 0 saturated heterocycles. The van der Waals surface area contributed by atoms with Crippen molar-refractivity contribution in [2.45, 2.75) is 13.5 Å². The Morgan fingerprint density at radius 1 is 1.33 bits per heavy atom. The van der Waals surface area contributed by atoms with E-state index in [0.29, 0.717) is 0 Å². The molecule has 0 aliphatic carbocycles. The Balaban J connectivity index is 2.38. The van der Waals surface area contributed by atoms with E-state index >= 15 is 0 Å². The van der Waals surface area contributed by atoms with Crippen molar-refractivity contribution < 1.29 is 4.74 Å². The Morgan fingerprint density at radius 2 is 2.00 bits per heavy atom. The predicted molar refractivity (Wildman–Crippen MR) is 77.0 cm³/mol. The van der Waals surface area contributed by atoms with Crippen molar-refractivity contribution >= 4 is 0 Å². The van der Waals surface area contributed by atoms with E-state index < -0.39 is 0 Å². The SMILES string of the molecule is C=C(CNCC)CN(C)Cc1ccc(OC)cc1. The molecule has 18 heavy (non-hydrogen) atoms. The van der Waals surface area contributed by atoms with Crippen LogP contribution in [0.2, 0.25) is 0 Å². The fourth-order valence-electron chi connectivity index (χ4n) is 1.84. The topological polar surface area (TPSA) is 24.5 Å². The molecule has 0 aromatic heterocycles. The third-order valence-corrected chi connectivity index (χ3v) is 2.73. The van der Waals surface area contributed by atoms with Crippen molar-refractivity contribution in [1.29, 1.82) is 0 Å². The normalized spacial score (nSPS) is 10.7. The lowest BCUT2D eigenvalue weighted by Crippen LogP contribution is -2.25. The van der Waals surface area contributed by atoms with Gasteiger partial charge in [-0.3, -0.25) is 4.90 Å². The molecule has 0 amide bonds. The number of likely N-dealkylation sites (N-methyl/N-ethyl adjacent to an activating group) is 2. The number of hydrogen-bond donors (Lipinski definition) is 1. The number of nitrogens with zero attached hydrogens (tertiary/aromatic N) is 1. The number of methoxy groups -OCH3 is 1. The molecule has 100 valence electrons. The molecule has 1 N–H and O–H groups in total. The van der Waals surface area contributed by atoms with Gasteiger partial charge < -0.3 is 10.1 Å². The first-order valence-electron chi connectivity index (χ1n) is 6.34. The van der Waals surface area contributed by atoms with Gasteiger partial charge in [0.05, 0.1) is 7.11 Å². The lowest BCUT2D eigenvalue weighted by atomic mass is 10.2. The van der Waals surface area contributed by atoms with Crippen LogP contribution < -0.4 is 10.1 Å². The molecule has 3 heteroatoms. The molecule has 0 heterocycles. The maximum absolute atomic E-state index is 5.15. The summed E-state index contributed by atoms with van der Waals surface area (Å²) >= 11 is 0. The van der Waals surface area contributed by atoms with Crippen LogP contribution in [0, 0.1) is 0 Å². The van der Waals surface area contributed by atoms with Crippen LogP contribution in [-0.2, 0) is 6.54 Å². The largest absolute Gasteiger partial charge is 0.497 e. The third kappa shape index (κ3) is 5.34. The van der Waals surface area contributed by atoms with E-state index in [0.717, 1.165) is 31.9 Å². The van der Waals surface area contributed by atoms with Crippen LogP contribution in [-0.4, -0.2) is 38.7 Å². The highest BCUT2D eigenvalue weighted by molar-refractivity contribution is 5.27. The molecule has 1 rings (SSSR count). The minimum absolute atomic E-state index is 0.892. The first-order valence-corrected chi connectivity index (χ1v) is 6.34. The van der Waals surface area contributed by atoms with E-state index in [-0.39, 0.29) is 0 Å². The van der Waals surface area contributed by atoms with Gasteiger partial charge in [0.1, 0.15) is 5.75 Å². The van der Waals surface area contributed by atoms with Crippen molar-refractivity contribution in [3.8, 4) is 5.75 Å². The molecule has 0 fully saturated rings. The second kappa shape index (κ2) is 7.90. The van der Waals surface area contributed by atoms with Crippen LogP contribution in [0.1, 0.15) is 12.5 Å². The predicted octanol–water partition coefficient (Wildman–Crippen LogP) is 2.29. The van der Waals surface area contributed by atoms with Gasteiger partial charge >= 0.3 is 0 Å². The highest BCUT2D eigenvalue weighted by Gasteiger charge is 2.02. The van der Waals surface area contributed by atoms with Gasteiger partial charge in [0.25, 0.3) is 0 Å². The molecule has 1 aromatic rings. The summed E-state index contributed by atoms with van der Waals surface area (Å²) in [5, 5.41) is 3.29. The lowest BCUT2D eigenvalue weighted by Gasteiger charge is -2.18. The molecule has 3 nitrogen and oxygen atoms in total. The molecule has 0 spiro atoms. The quantitative estimate of drug-likeness (QED) is 0.714. The summed E-state index contributed by atoms with van der Waals surface area (Å²) in [6.45, 7) is 9.90. The lowest BCUT2D eigenvalue weighted by molar-refractivity contribution is 0.352. The zero-order valence-corrected chi connectivity index (χ0v) is 11.7. The molecule has 0 aliphatic rings. The second-order valence-corrected chi connectivity index (χ2v) is 4.55. The molecular weight excluding hydrogens is 224 g/mol. The smallest absolute Gasteiger partial charge is 0.118 e. The molecule has 0 unspecified atom stereocenters. The van der Waals surface area contributed by atoms with Crippen LogP contribution in [0.4, 0.5) is 0 Å². The third-order valence-electron chi connectivity index (χ3n) is 2.73. The van der Waals surface area contributed by atoms with E-state index in [1.54, 1.807) is 7.11 Å². The summed E-state index contributed by atoms with van der Waals surface area (Å²) in [7, 11) is 3.80. The maximum atomic E-state index is 5.15. The van der Waals surface area contributed by atoms with Gasteiger partial charge in [0.2, 0.25) is 0 Å². The molecule has 0 radical (unpaired) electrons. The zero-order valence-electron chi connectivity index (χ0n) is 11.7. The Morgan fingerprint density at radius 3 is 2.56 bits per heavy atom. The van der Waals surface area contributed by atoms with Gasteiger partial charge in [-0.05, 0) is 36.9 Å². The van der Waals surface area contributed by atoms with Gasteiger partial charge in [-0.1, -0.05) is 25.6 Å². The van der Waals surface area contributed by atoms with Crippen LogP contribution >= 0.6 is 0 Å². The summed E-state index contributed by atoms with van der Waals surface area (Å²) in [5.41, 5.74) is 2.50. The highest BCUT2D eigenvalue weighted by Crippen LogP contribution is 2.12. The molecule has 1 aromatic carbocycles. The Hall–Kier alpha value is -1.32. The van der Waals surface area contributed by atoms with Crippen LogP contribution in [0.25, 0.3) is 0 Å². The number of rotatable bonds is 8. The number of ether oxygens (including phenoxy) is 1. The van der Waals surface area contributed by atoms with E-state index in [4.69, 9.17) is 4.74 Å². The number of hydrogen-bond acceptors (Lipinski definition) is 3. The fourth-order valence-corrected chi connectivity index (χ4v) is 1.84.